The van der Waals surface area contributed by atoms with E-state index in [0.717, 1.165) is 28.2 Å². The third-order valence-corrected chi connectivity index (χ3v) is 3.79. The van der Waals surface area contributed by atoms with E-state index >= 15 is 0 Å². The minimum atomic E-state index is 0.399. The summed E-state index contributed by atoms with van der Waals surface area (Å²) in [6, 6.07) is 17.9. The molecule has 2 N–H and O–H groups in total. The molecule has 3 nitrogen and oxygen atoms in total. The molecule has 0 spiro atoms. The number of halogens is 1. The molecule has 0 aliphatic carbocycles. The van der Waals surface area contributed by atoms with E-state index in [1.165, 1.54) is 0 Å². The first-order valence-corrected chi connectivity index (χ1v) is 7.18. The molecule has 0 saturated heterocycles. The summed E-state index contributed by atoms with van der Waals surface area (Å²) >= 11 is 6.34. The highest BCUT2D eigenvalue weighted by atomic mass is 35.5. The van der Waals surface area contributed by atoms with Gasteiger partial charge in [0, 0.05) is 17.1 Å². The maximum absolute atomic E-state index is 6.34. The van der Waals surface area contributed by atoms with Crippen LogP contribution in [-0.4, -0.2) is 9.78 Å². The molecule has 0 saturated carbocycles. The highest BCUT2D eigenvalue weighted by Gasteiger charge is 2.14. The number of hydrogen-bond donors (Lipinski definition) is 1. The Kier molecular flexibility index (Phi) is 3.78. The molecular formula is C17H16ClN3. The van der Waals surface area contributed by atoms with Gasteiger partial charge in [0.25, 0.3) is 0 Å². The van der Waals surface area contributed by atoms with E-state index in [4.69, 9.17) is 17.3 Å². The number of aryl methyl sites for hydroxylation is 1. The van der Waals surface area contributed by atoms with Crippen LogP contribution in [0.3, 0.4) is 0 Å². The van der Waals surface area contributed by atoms with Gasteiger partial charge in [0.15, 0.2) is 0 Å². The van der Waals surface area contributed by atoms with Crippen molar-refractivity contribution in [2.45, 2.75) is 13.5 Å². The lowest BCUT2D eigenvalue weighted by molar-refractivity contribution is 0.833. The predicted molar refractivity (Wildman–Crippen MR) is 86.6 cm³/mol. The molecule has 3 rings (SSSR count). The van der Waals surface area contributed by atoms with Crippen LogP contribution in [0.5, 0.6) is 0 Å². The fraction of sp³-hybridized carbons (Fsp3) is 0.118. The van der Waals surface area contributed by atoms with Crippen LogP contribution in [0.2, 0.25) is 5.02 Å². The fourth-order valence-electron chi connectivity index (χ4n) is 2.38. The maximum Gasteiger partial charge on any atom is 0.0771 e. The molecular weight excluding hydrogens is 282 g/mol. The number of nitrogens with two attached hydrogens (primary N) is 1. The fourth-order valence-corrected chi connectivity index (χ4v) is 2.61. The summed E-state index contributed by atoms with van der Waals surface area (Å²) in [5, 5.41) is 5.31. The van der Waals surface area contributed by atoms with Crippen molar-refractivity contribution >= 4 is 11.6 Å². The van der Waals surface area contributed by atoms with Gasteiger partial charge < -0.3 is 5.73 Å². The topological polar surface area (TPSA) is 43.8 Å². The summed E-state index contributed by atoms with van der Waals surface area (Å²) in [5.74, 6) is 0. The SMILES string of the molecule is Cc1ccccc1-n1nc(CN)cc1-c1ccccc1Cl. The molecule has 4 heteroatoms. The second kappa shape index (κ2) is 5.72. The van der Waals surface area contributed by atoms with E-state index in [1.807, 2.05) is 53.2 Å². The Morgan fingerprint density at radius 2 is 1.81 bits per heavy atom. The molecule has 0 bridgehead atoms. The average Bonchev–Trinajstić information content (AvgIpc) is 2.92. The first-order chi connectivity index (χ1) is 10.2. The van der Waals surface area contributed by atoms with Gasteiger partial charge >= 0.3 is 0 Å². The Morgan fingerprint density at radius 1 is 1.10 bits per heavy atom. The van der Waals surface area contributed by atoms with Crippen LogP contribution in [0.1, 0.15) is 11.3 Å². The molecule has 0 fully saturated rings. The Bertz CT molecular complexity index is 714. The highest BCUT2D eigenvalue weighted by molar-refractivity contribution is 6.33. The third kappa shape index (κ3) is 2.58. The first kappa shape index (κ1) is 13.9. The van der Waals surface area contributed by atoms with E-state index in [-0.39, 0.29) is 0 Å². The van der Waals surface area contributed by atoms with Gasteiger partial charge in [0.05, 0.1) is 17.1 Å². The van der Waals surface area contributed by atoms with Crippen molar-refractivity contribution in [3.05, 3.63) is 70.9 Å². The van der Waals surface area contributed by atoms with Gasteiger partial charge in [0.1, 0.15) is 0 Å². The maximum atomic E-state index is 6.34. The van der Waals surface area contributed by atoms with E-state index in [0.29, 0.717) is 11.6 Å². The van der Waals surface area contributed by atoms with Crippen LogP contribution in [0.15, 0.2) is 54.6 Å². The Balaban J connectivity index is 2.25. The molecule has 0 unspecified atom stereocenters. The molecule has 0 aliphatic rings. The van der Waals surface area contributed by atoms with E-state index in [2.05, 4.69) is 18.1 Å². The average molecular weight is 298 g/mol. The summed E-state index contributed by atoms with van der Waals surface area (Å²) in [6.07, 6.45) is 0. The number of nitrogens with zero attached hydrogens (tertiary/aromatic N) is 2. The van der Waals surface area contributed by atoms with Crippen LogP contribution >= 0.6 is 11.6 Å². The lowest BCUT2D eigenvalue weighted by Crippen LogP contribution is -2.03. The van der Waals surface area contributed by atoms with E-state index in [9.17, 15) is 0 Å². The van der Waals surface area contributed by atoms with E-state index < -0.39 is 0 Å². The number of para-hydroxylation sites is 1. The van der Waals surface area contributed by atoms with Gasteiger partial charge in [-0.15, -0.1) is 0 Å². The lowest BCUT2D eigenvalue weighted by atomic mass is 10.1. The van der Waals surface area contributed by atoms with Crippen molar-refractivity contribution in [3.8, 4) is 16.9 Å². The molecule has 1 aromatic heterocycles. The van der Waals surface area contributed by atoms with Crippen molar-refractivity contribution in [1.82, 2.24) is 9.78 Å². The highest BCUT2D eigenvalue weighted by Crippen LogP contribution is 2.30. The Labute approximate surface area is 129 Å². The molecule has 0 radical (unpaired) electrons. The monoisotopic (exact) mass is 297 g/mol. The van der Waals surface area contributed by atoms with Crippen LogP contribution < -0.4 is 5.73 Å². The second-order valence-corrected chi connectivity index (χ2v) is 5.31. The largest absolute Gasteiger partial charge is 0.325 e. The number of aromatic nitrogens is 2. The summed E-state index contributed by atoms with van der Waals surface area (Å²) in [4.78, 5) is 0. The minimum absolute atomic E-state index is 0.399. The summed E-state index contributed by atoms with van der Waals surface area (Å²) < 4.78 is 1.92. The summed E-state index contributed by atoms with van der Waals surface area (Å²) in [5.41, 5.74) is 10.7. The zero-order valence-corrected chi connectivity index (χ0v) is 12.5. The van der Waals surface area contributed by atoms with Crippen molar-refractivity contribution in [1.29, 1.82) is 0 Å². The van der Waals surface area contributed by atoms with Crippen LogP contribution in [0.25, 0.3) is 16.9 Å². The third-order valence-electron chi connectivity index (χ3n) is 3.46. The second-order valence-electron chi connectivity index (χ2n) is 4.90. The van der Waals surface area contributed by atoms with Gasteiger partial charge in [-0.2, -0.15) is 5.10 Å². The summed E-state index contributed by atoms with van der Waals surface area (Å²) in [7, 11) is 0. The Hall–Kier alpha value is -2.10. The Morgan fingerprint density at radius 3 is 2.52 bits per heavy atom. The van der Waals surface area contributed by atoms with Crippen molar-refractivity contribution in [2.75, 3.05) is 0 Å². The van der Waals surface area contributed by atoms with Crippen molar-refractivity contribution in [2.24, 2.45) is 5.73 Å². The molecule has 2 aromatic carbocycles. The molecule has 1 heterocycles. The van der Waals surface area contributed by atoms with Gasteiger partial charge in [0.2, 0.25) is 0 Å². The number of benzene rings is 2. The number of hydrogen-bond acceptors (Lipinski definition) is 2. The zero-order valence-electron chi connectivity index (χ0n) is 11.8. The van der Waals surface area contributed by atoms with Crippen molar-refractivity contribution < 1.29 is 0 Å². The van der Waals surface area contributed by atoms with Gasteiger partial charge in [-0.1, -0.05) is 48.0 Å². The quantitative estimate of drug-likeness (QED) is 0.795. The molecule has 0 atom stereocenters. The zero-order chi connectivity index (χ0) is 14.8. The van der Waals surface area contributed by atoms with E-state index in [1.54, 1.807) is 0 Å². The lowest BCUT2D eigenvalue weighted by Gasteiger charge is -2.11. The smallest absolute Gasteiger partial charge is 0.0771 e. The number of rotatable bonds is 3. The summed E-state index contributed by atoms with van der Waals surface area (Å²) in [6.45, 7) is 2.46. The van der Waals surface area contributed by atoms with Crippen LogP contribution in [0, 0.1) is 6.92 Å². The molecule has 3 aromatic rings. The standard InChI is InChI=1S/C17H16ClN3/c1-12-6-2-5-9-16(12)21-17(10-13(11-19)20-21)14-7-3-4-8-15(14)18/h2-10H,11,19H2,1H3. The molecule has 0 aliphatic heterocycles. The van der Waals surface area contributed by atoms with Gasteiger partial charge in [-0.05, 0) is 30.7 Å². The van der Waals surface area contributed by atoms with Gasteiger partial charge in [-0.25, -0.2) is 4.68 Å². The first-order valence-electron chi connectivity index (χ1n) is 6.80. The molecule has 0 amide bonds. The van der Waals surface area contributed by atoms with Crippen LogP contribution in [0.4, 0.5) is 0 Å². The predicted octanol–water partition coefficient (Wildman–Crippen LogP) is 3.96. The van der Waals surface area contributed by atoms with Crippen LogP contribution in [-0.2, 0) is 6.54 Å². The molecule has 106 valence electrons. The minimum Gasteiger partial charge on any atom is -0.325 e. The molecule has 21 heavy (non-hydrogen) atoms. The van der Waals surface area contributed by atoms with Crippen molar-refractivity contribution in [3.63, 3.8) is 0 Å². The normalized spacial score (nSPS) is 10.8. The van der Waals surface area contributed by atoms with Gasteiger partial charge in [-0.3, -0.25) is 0 Å².